The van der Waals surface area contributed by atoms with Gasteiger partial charge >= 0.3 is 6.03 Å². The quantitative estimate of drug-likeness (QED) is 0.461. The summed E-state index contributed by atoms with van der Waals surface area (Å²) in [5, 5.41) is 13.1. The fourth-order valence-electron chi connectivity index (χ4n) is 1.50. The predicted octanol–water partition coefficient (Wildman–Crippen LogP) is 3.04. The zero-order valence-electron chi connectivity index (χ0n) is 11.4. The van der Waals surface area contributed by atoms with Crippen molar-refractivity contribution in [1.29, 1.82) is 0 Å². The monoisotopic (exact) mass is 301 g/mol. The first-order chi connectivity index (χ1) is 10.1. The Morgan fingerprint density at radius 2 is 2.00 bits per heavy atom. The van der Waals surface area contributed by atoms with Gasteiger partial charge in [-0.1, -0.05) is 29.8 Å². The maximum atomic E-state index is 11.5. The van der Waals surface area contributed by atoms with Crippen LogP contribution in [-0.4, -0.2) is 17.4 Å². The van der Waals surface area contributed by atoms with Gasteiger partial charge in [-0.05, 0) is 48.7 Å². The number of amides is 2. The van der Waals surface area contributed by atoms with Crippen LogP contribution >= 0.6 is 11.9 Å². The molecule has 0 saturated carbocycles. The number of hydrogen-bond donors (Lipinski definition) is 3. The Bertz CT molecular complexity index is 642. The van der Waals surface area contributed by atoms with Crippen LogP contribution in [0.1, 0.15) is 11.1 Å². The molecule has 0 atom stereocenters. The number of carbonyl (C=O) groups excluding carboxylic acids is 1. The molecule has 0 bridgehead atoms. The molecule has 2 amide bonds. The van der Waals surface area contributed by atoms with Crippen molar-refractivity contribution in [3.05, 3.63) is 59.7 Å². The van der Waals surface area contributed by atoms with Crippen LogP contribution in [0.25, 0.3) is 0 Å². The molecule has 0 spiro atoms. The highest BCUT2D eigenvalue weighted by molar-refractivity contribution is 7.98. The molecule has 0 aliphatic heterocycles. The van der Waals surface area contributed by atoms with Gasteiger partial charge in [0.2, 0.25) is 0 Å². The number of phenolic OH excluding ortho intramolecular Hbond substituents is 1. The standard InChI is InChI=1S/C15H15N3O2S/c1-11-5-7-14(8-6-11)21-18-15(20)17-16-10-12-3-2-4-13(19)9-12/h2-10,19H,1H3,(H2,17,18,20)/b16-10+. The fraction of sp³-hybridized carbons (Fsp3) is 0.0667. The molecule has 21 heavy (non-hydrogen) atoms. The van der Waals surface area contributed by atoms with Gasteiger partial charge in [-0.2, -0.15) is 5.10 Å². The van der Waals surface area contributed by atoms with Crippen molar-refractivity contribution in [2.75, 3.05) is 0 Å². The smallest absolute Gasteiger partial charge is 0.345 e. The predicted molar refractivity (Wildman–Crippen MR) is 84.4 cm³/mol. The number of carbonyl (C=O) groups is 1. The van der Waals surface area contributed by atoms with Crippen molar-refractivity contribution in [1.82, 2.24) is 10.1 Å². The molecule has 3 N–H and O–H groups in total. The maximum Gasteiger partial charge on any atom is 0.345 e. The van der Waals surface area contributed by atoms with E-state index in [1.165, 1.54) is 23.7 Å². The summed E-state index contributed by atoms with van der Waals surface area (Å²) in [4.78, 5) is 12.5. The van der Waals surface area contributed by atoms with E-state index in [4.69, 9.17) is 0 Å². The first kappa shape index (κ1) is 14.9. The second-order valence-electron chi connectivity index (χ2n) is 4.31. The van der Waals surface area contributed by atoms with Crippen molar-refractivity contribution < 1.29 is 9.90 Å². The van der Waals surface area contributed by atoms with E-state index in [0.717, 1.165) is 4.90 Å². The summed E-state index contributed by atoms with van der Waals surface area (Å²) in [5.74, 6) is 0.151. The summed E-state index contributed by atoms with van der Waals surface area (Å²) < 4.78 is 2.62. The lowest BCUT2D eigenvalue weighted by atomic mass is 10.2. The SMILES string of the molecule is Cc1ccc(SNC(=O)N/N=C/c2cccc(O)c2)cc1. The van der Waals surface area contributed by atoms with Crippen LogP contribution in [0, 0.1) is 6.92 Å². The second kappa shape index (κ2) is 7.35. The number of phenols is 1. The molecule has 2 aromatic carbocycles. The van der Waals surface area contributed by atoms with E-state index in [2.05, 4.69) is 15.2 Å². The average Bonchev–Trinajstić information content (AvgIpc) is 2.47. The van der Waals surface area contributed by atoms with Gasteiger partial charge in [-0.3, -0.25) is 4.72 Å². The molecule has 2 rings (SSSR count). The zero-order chi connectivity index (χ0) is 15.1. The van der Waals surface area contributed by atoms with Crippen LogP contribution in [0.3, 0.4) is 0 Å². The van der Waals surface area contributed by atoms with E-state index < -0.39 is 6.03 Å². The Morgan fingerprint density at radius 1 is 1.24 bits per heavy atom. The van der Waals surface area contributed by atoms with Crippen LogP contribution in [0.4, 0.5) is 4.79 Å². The van der Waals surface area contributed by atoms with Crippen molar-refractivity contribution in [2.24, 2.45) is 5.10 Å². The van der Waals surface area contributed by atoms with Crippen LogP contribution in [0.2, 0.25) is 0 Å². The highest BCUT2D eigenvalue weighted by Gasteiger charge is 1.99. The van der Waals surface area contributed by atoms with E-state index in [1.54, 1.807) is 24.3 Å². The molecule has 0 saturated heterocycles. The Labute approximate surface area is 127 Å². The Hall–Kier alpha value is -2.47. The molecule has 6 heteroatoms. The fourth-order valence-corrected chi connectivity index (χ4v) is 2.03. The van der Waals surface area contributed by atoms with Gasteiger partial charge in [0.1, 0.15) is 5.75 Å². The highest BCUT2D eigenvalue weighted by atomic mass is 32.2. The first-order valence-electron chi connectivity index (χ1n) is 6.25. The van der Waals surface area contributed by atoms with Crippen LogP contribution in [0.15, 0.2) is 58.5 Å². The number of aryl methyl sites for hydroxylation is 1. The normalized spacial score (nSPS) is 10.5. The summed E-state index contributed by atoms with van der Waals surface area (Å²) >= 11 is 1.21. The summed E-state index contributed by atoms with van der Waals surface area (Å²) in [6, 6.07) is 14.0. The van der Waals surface area contributed by atoms with Gasteiger partial charge in [0, 0.05) is 4.90 Å². The first-order valence-corrected chi connectivity index (χ1v) is 7.07. The zero-order valence-corrected chi connectivity index (χ0v) is 12.2. The van der Waals surface area contributed by atoms with Crippen molar-refractivity contribution in [3.63, 3.8) is 0 Å². The molecular formula is C15H15N3O2S. The van der Waals surface area contributed by atoms with E-state index in [9.17, 15) is 9.90 Å². The number of nitrogens with one attached hydrogen (secondary N) is 2. The minimum Gasteiger partial charge on any atom is -0.508 e. The molecule has 0 aliphatic carbocycles. The number of hydrogen-bond acceptors (Lipinski definition) is 4. The van der Waals surface area contributed by atoms with Gasteiger partial charge < -0.3 is 5.11 Å². The summed E-state index contributed by atoms with van der Waals surface area (Å²) in [7, 11) is 0. The molecule has 0 heterocycles. The summed E-state index contributed by atoms with van der Waals surface area (Å²) in [6.07, 6.45) is 1.45. The Morgan fingerprint density at radius 3 is 2.71 bits per heavy atom. The number of rotatable bonds is 4. The number of hydrazone groups is 1. The van der Waals surface area contributed by atoms with E-state index in [0.29, 0.717) is 5.56 Å². The third kappa shape index (κ3) is 5.19. The average molecular weight is 301 g/mol. The van der Waals surface area contributed by atoms with E-state index >= 15 is 0 Å². The van der Waals surface area contributed by atoms with Crippen molar-refractivity contribution in [2.45, 2.75) is 11.8 Å². The van der Waals surface area contributed by atoms with Crippen molar-refractivity contribution in [3.8, 4) is 5.75 Å². The number of nitrogens with zero attached hydrogens (tertiary/aromatic N) is 1. The van der Waals surface area contributed by atoms with Crippen molar-refractivity contribution >= 4 is 24.2 Å². The topological polar surface area (TPSA) is 73.7 Å². The van der Waals surface area contributed by atoms with E-state index in [-0.39, 0.29) is 5.75 Å². The van der Waals surface area contributed by atoms with Crippen LogP contribution in [0.5, 0.6) is 5.75 Å². The minimum absolute atomic E-state index is 0.151. The Kier molecular flexibility index (Phi) is 5.22. The molecule has 0 unspecified atom stereocenters. The van der Waals surface area contributed by atoms with Gasteiger partial charge in [0.05, 0.1) is 6.21 Å². The molecule has 2 aromatic rings. The van der Waals surface area contributed by atoms with Gasteiger partial charge in [-0.25, -0.2) is 10.2 Å². The molecule has 0 aromatic heterocycles. The molecule has 5 nitrogen and oxygen atoms in total. The van der Waals surface area contributed by atoms with Gasteiger partial charge in [0.25, 0.3) is 0 Å². The molecule has 108 valence electrons. The van der Waals surface area contributed by atoms with Gasteiger partial charge in [0.15, 0.2) is 0 Å². The molecule has 0 fully saturated rings. The molecule has 0 aliphatic rings. The Balaban J connectivity index is 1.78. The largest absolute Gasteiger partial charge is 0.508 e. The lowest BCUT2D eigenvalue weighted by Gasteiger charge is -2.03. The minimum atomic E-state index is -0.419. The lowest BCUT2D eigenvalue weighted by Crippen LogP contribution is -2.27. The third-order valence-electron chi connectivity index (χ3n) is 2.53. The van der Waals surface area contributed by atoms with E-state index in [1.807, 2.05) is 31.2 Å². The number of benzene rings is 2. The van der Waals surface area contributed by atoms with Crippen LogP contribution in [-0.2, 0) is 0 Å². The highest BCUT2D eigenvalue weighted by Crippen LogP contribution is 2.14. The maximum absolute atomic E-state index is 11.5. The lowest BCUT2D eigenvalue weighted by molar-refractivity contribution is 0.247. The third-order valence-corrected chi connectivity index (χ3v) is 3.33. The summed E-state index contributed by atoms with van der Waals surface area (Å²) in [6.45, 7) is 2.00. The number of urea groups is 1. The molecule has 0 radical (unpaired) electrons. The molecular weight excluding hydrogens is 286 g/mol. The summed E-state index contributed by atoms with van der Waals surface area (Å²) in [5.41, 5.74) is 4.21. The number of aromatic hydroxyl groups is 1. The van der Waals surface area contributed by atoms with Crippen LogP contribution < -0.4 is 10.1 Å². The second-order valence-corrected chi connectivity index (χ2v) is 5.19. The van der Waals surface area contributed by atoms with Gasteiger partial charge in [-0.15, -0.1) is 0 Å².